The molecule has 0 bridgehead atoms. The Morgan fingerprint density at radius 2 is 1.85 bits per heavy atom. The van der Waals surface area contributed by atoms with E-state index >= 15 is 0 Å². The maximum atomic E-state index is 12.3. The summed E-state index contributed by atoms with van der Waals surface area (Å²) in [7, 11) is 0. The summed E-state index contributed by atoms with van der Waals surface area (Å²) in [5.74, 6) is -0.240. The van der Waals surface area contributed by atoms with Crippen LogP contribution in [0.2, 0.25) is 0 Å². The Labute approximate surface area is 110 Å². The fourth-order valence-corrected chi connectivity index (χ4v) is 1.16. The van der Waals surface area contributed by atoms with Gasteiger partial charge in [0.1, 0.15) is 12.3 Å². The number of nitrogens with zero attached hydrogens (tertiary/aromatic N) is 2. The number of alkyl halides is 6. The van der Waals surface area contributed by atoms with Crippen LogP contribution >= 0.6 is 0 Å². The molecule has 0 aliphatic heterocycles. The Hall–Kier alpha value is -1.58. The van der Waals surface area contributed by atoms with Crippen molar-refractivity contribution >= 4 is 5.95 Å². The SMILES string of the molecule is FC(F)(F)COCCCNc1nccc(C(F)(F)F)n1. The zero-order chi connectivity index (χ0) is 15.2. The lowest BCUT2D eigenvalue weighted by Crippen LogP contribution is -2.18. The van der Waals surface area contributed by atoms with E-state index in [-0.39, 0.29) is 25.5 Å². The molecule has 0 fully saturated rings. The number of anilines is 1. The summed E-state index contributed by atoms with van der Waals surface area (Å²) in [6.45, 7) is -1.43. The number of nitrogens with one attached hydrogen (secondary N) is 1. The van der Waals surface area contributed by atoms with Gasteiger partial charge in [-0.2, -0.15) is 26.3 Å². The third kappa shape index (κ3) is 6.55. The average molecular weight is 303 g/mol. The second-order valence-corrected chi connectivity index (χ2v) is 3.71. The molecule has 0 unspecified atom stereocenters. The third-order valence-electron chi connectivity index (χ3n) is 1.96. The van der Waals surface area contributed by atoms with E-state index < -0.39 is 24.7 Å². The molecule has 0 saturated carbocycles. The van der Waals surface area contributed by atoms with E-state index in [9.17, 15) is 26.3 Å². The zero-order valence-corrected chi connectivity index (χ0v) is 10.1. The van der Waals surface area contributed by atoms with Gasteiger partial charge in [0.05, 0.1) is 0 Å². The van der Waals surface area contributed by atoms with E-state index in [1.165, 1.54) is 0 Å². The summed E-state index contributed by atoms with van der Waals surface area (Å²) >= 11 is 0. The van der Waals surface area contributed by atoms with Crippen LogP contribution in [0, 0.1) is 0 Å². The van der Waals surface area contributed by atoms with Crippen molar-refractivity contribution in [1.29, 1.82) is 0 Å². The maximum Gasteiger partial charge on any atom is 0.433 e. The molecule has 1 aromatic rings. The predicted octanol–water partition coefficient (Wildman–Crippen LogP) is 2.88. The molecule has 114 valence electrons. The highest BCUT2D eigenvalue weighted by molar-refractivity contribution is 5.25. The molecule has 4 nitrogen and oxygen atoms in total. The van der Waals surface area contributed by atoms with Crippen LogP contribution in [0.1, 0.15) is 12.1 Å². The van der Waals surface area contributed by atoms with Crippen molar-refractivity contribution in [2.24, 2.45) is 0 Å². The van der Waals surface area contributed by atoms with Crippen LogP contribution in [0.4, 0.5) is 32.3 Å². The molecule has 0 aliphatic rings. The molecular weight excluding hydrogens is 292 g/mol. The van der Waals surface area contributed by atoms with Gasteiger partial charge in [-0.3, -0.25) is 0 Å². The first-order valence-electron chi connectivity index (χ1n) is 5.47. The van der Waals surface area contributed by atoms with Gasteiger partial charge >= 0.3 is 12.4 Å². The summed E-state index contributed by atoms with van der Waals surface area (Å²) in [6.07, 6.45) is -7.85. The normalized spacial score (nSPS) is 12.5. The summed E-state index contributed by atoms with van der Waals surface area (Å²) in [5, 5.41) is 2.47. The molecule has 0 amide bonds. The van der Waals surface area contributed by atoms with Gasteiger partial charge in [-0.05, 0) is 12.5 Å². The Morgan fingerprint density at radius 1 is 1.15 bits per heavy atom. The molecular formula is C10H11F6N3O. The minimum Gasteiger partial charge on any atom is -0.372 e. The third-order valence-corrected chi connectivity index (χ3v) is 1.96. The summed E-state index contributed by atoms with van der Waals surface area (Å²) in [5.41, 5.74) is -1.09. The smallest absolute Gasteiger partial charge is 0.372 e. The van der Waals surface area contributed by atoms with E-state index in [2.05, 4.69) is 20.0 Å². The molecule has 0 radical (unpaired) electrons. The van der Waals surface area contributed by atoms with Gasteiger partial charge in [-0.1, -0.05) is 0 Å². The predicted molar refractivity (Wildman–Crippen MR) is 57.0 cm³/mol. The van der Waals surface area contributed by atoms with Crippen molar-refractivity contribution in [3.63, 3.8) is 0 Å². The first-order valence-corrected chi connectivity index (χ1v) is 5.47. The highest BCUT2D eigenvalue weighted by Crippen LogP contribution is 2.27. The van der Waals surface area contributed by atoms with E-state index in [1.54, 1.807) is 0 Å². The maximum absolute atomic E-state index is 12.3. The molecule has 10 heteroatoms. The van der Waals surface area contributed by atoms with Crippen molar-refractivity contribution in [1.82, 2.24) is 9.97 Å². The van der Waals surface area contributed by atoms with Crippen LogP contribution in [-0.4, -0.2) is 35.9 Å². The van der Waals surface area contributed by atoms with Gasteiger partial charge in [0.25, 0.3) is 0 Å². The van der Waals surface area contributed by atoms with Crippen molar-refractivity contribution < 1.29 is 31.1 Å². The Balaban J connectivity index is 2.29. The van der Waals surface area contributed by atoms with Crippen molar-refractivity contribution in [3.8, 4) is 0 Å². The summed E-state index contributed by atoms with van der Waals surface area (Å²) in [4.78, 5) is 6.80. The minimum absolute atomic E-state index is 0.0964. The van der Waals surface area contributed by atoms with Crippen LogP contribution in [0.15, 0.2) is 12.3 Å². The van der Waals surface area contributed by atoms with Crippen LogP contribution in [0.5, 0.6) is 0 Å². The second kappa shape index (κ2) is 6.73. The standard InChI is InChI=1S/C10H11F6N3O/c11-9(12,13)6-20-5-1-3-17-8-18-4-2-7(19-8)10(14,15)16/h2,4H,1,3,5-6H2,(H,17,18,19). The van der Waals surface area contributed by atoms with Gasteiger partial charge in [0.15, 0.2) is 0 Å². The van der Waals surface area contributed by atoms with Gasteiger partial charge in [0.2, 0.25) is 5.95 Å². The molecule has 1 heterocycles. The Morgan fingerprint density at radius 3 is 2.45 bits per heavy atom. The molecule has 20 heavy (non-hydrogen) atoms. The van der Waals surface area contributed by atoms with E-state index in [0.717, 1.165) is 12.3 Å². The van der Waals surface area contributed by atoms with Crippen LogP contribution in [0.3, 0.4) is 0 Å². The number of halogens is 6. The van der Waals surface area contributed by atoms with E-state index in [4.69, 9.17) is 0 Å². The molecule has 0 aromatic carbocycles. The molecule has 0 saturated heterocycles. The summed E-state index contributed by atoms with van der Waals surface area (Å²) < 4.78 is 76.5. The average Bonchev–Trinajstić information content (AvgIpc) is 2.31. The lowest BCUT2D eigenvalue weighted by molar-refractivity contribution is -0.173. The quantitative estimate of drug-likeness (QED) is 0.648. The van der Waals surface area contributed by atoms with Gasteiger partial charge in [0, 0.05) is 19.3 Å². The van der Waals surface area contributed by atoms with Crippen molar-refractivity contribution in [3.05, 3.63) is 18.0 Å². The molecule has 0 aliphatic carbocycles. The lowest BCUT2D eigenvalue weighted by Gasteiger charge is -2.09. The monoisotopic (exact) mass is 303 g/mol. The minimum atomic E-state index is -4.57. The number of hydrogen-bond donors (Lipinski definition) is 1. The van der Waals surface area contributed by atoms with Crippen LogP contribution < -0.4 is 5.32 Å². The fourth-order valence-electron chi connectivity index (χ4n) is 1.16. The molecule has 1 rings (SSSR count). The molecule has 1 aromatic heterocycles. The van der Waals surface area contributed by atoms with Crippen molar-refractivity contribution in [2.75, 3.05) is 25.1 Å². The second-order valence-electron chi connectivity index (χ2n) is 3.71. The first kappa shape index (κ1) is 16.5. The summed E-state index contributed by atoms with van der Waals surface area (Å²) in [6, 6.07) is 0.720. The number of hydrogen-bond acceptors (Lipinski definition) is 4. The van der Waals surface area contributed by atoms with Gasteiger partial charge < -0.3 is 10.1 Å². The number of rotatable bonds is 6. The highest BCUT2D eigenvalue weighted by Gasteiger charge is 2.32. The van der Waals surface area contributed by atoms with E-state index in [0.29, 0.717) is 0 Å². The molecule has 1 N–H and O–H groups in total. The Bertz CT molecular complexity index is 420. The van der Waals surface area contributed by atoms with Crippen LogP contribution in [0.25, 0.3) is 0 Å². The van der Waals surface area contributed by atoms with Gasteiger partial charge in [-0.25, -0.2) is 9.97 Å². The molecule has 0 spiro atoms. The zero-order valence-electron chi connectivity index (χ0n) is 10.1. The number of aromatic nitrogens is 2. The highest BCUT2D eigenvalue weighted by atomic mass is 19.4. The first-order chi connectivity index (χ1) is 9.18. The molecule has 0 atom stereocenters. The van der Waals surface area contributed by atoms with E-state index in [1.807, 2.05) is 0 Å². The van der Waals surface area contributed by atoms with Crippen molar-refractivity contribution in [2.45, 2.75) is 18.8 Å². The van der Waals surface area contributed by atoms with Crippen LogP contribution in [-0.2, 0) is 10.9 Å². The van der Waals surface area contributed by atoms with Gasteiger partial charge in [-0.15, -0.1) is 0 Å². The topological polar surface area (TPSA) is 47.0 Å². The lowest BCUT2D eigenvalue weighted by atomic mass is 10.4. The Kier molecular flexibility index (Phi) is 5.54. The fraction of sp³-hybridized carbons (Fsp3) is 0.600. The number of ether oxygens (including phenoxy) is 1. The largest absolute Gasteiger partial charge is 0.433 e.